The fourth-order valence-corrected chi connectivity index (χ4v) is 0.902. The maximum absolute atomic E-state index is 8.71. The van der Waals surface area contributed by atoms with Crippen LogP contribution < -0.4 is 5.32 Å². The highest BCUT2D eigenvalue weighted by Crippen LogP contribution is 2.01. The van der Waals surface area contributed by atoms with Gasteiger partial charge in [-0.05, 0) is 0 Å². The Morgan fingerprint density at radius 3 is 2.75 bits per heavy atom. The van der Waals surface area contributed by atoms with Gasteiger partial charge in [-0.3, -0.25) is 5.32 Å². The molecule has 2 atom stereocenters. The Morgan fingerprint density at radius 2 is 2.33 bits per heavy atom. The molecule has 0 aliphatic carbocycles. The maximum Gasteiger partial charge on any atom is 0.101 e. The molecule has 0 aromatic heterocycles. The van der Waals surface area contributed by atoms with Crippen molar-refractivity contribution in [2.75, 3.05) is 20.3 Å². The van der Waals surface area contributed by atoms with Gasteiger partial charge in [0.05, 0.1) is 19.2 Å². The number of nitrogens with zero attached hydrogens (tertiary/aromatic N) is 1. The minimum atomic E-state index is -0.221. The smallest absolute Gasteiger partial charge is 0.101 e. The predicted molar refractivity (Wildman–Crippen MR) is 47.3 cm³/mol. The average Bonchev–Trinajstić information content (AvgIpc) is 2.06. The second-order valence-electron chi connectivity index (χ2n) is 2.62. The predicted octanol–water partition coefficient (Wildman–Crippen LogP) is 0.384. The highest BCUT2D eigenvalue weighted by molar-refractivity contribution is 4.97. The summed E-state index contributed by atoms with van der Waals surface area (Å²) in [5.41, 5.74) is 0. The molecule has 3 heteroatoms. The lowest BCUT2D eigenvalue weighted by Crippen LogP contribution is -2.35. The van der Waals surface area contributed by atoms with Gasteiger partial charge in [-0.2, -0.15) is 5.26 Å². The summed E-state index contributed by atoms with van der Waals surface area (Å²) in [6.45, 7) is 2.93. The van der Waals surface area contributed by atoms with Gasteiger partial charge in [-0.25, -0.2) is 0 Å². The summed E-state index contributed by atoms with van der Waals surface area (Å²) >= 11 is 0. The molecule has 0 spiro atoms. The first kappa shape index (κ1) is 11.0. The summed E-state index contributed by atoms with van der Waals surface area (Å²) in [4.78, 5) is 0. The van der Waals surface area contributed by atoms with Crippen LogP contribution in [0.4, 0.5) is 0 Å². The van der Waals surface area contributed by atoms with Gasteiger partial charge in [0, 0.05) is 13.0 Å². The number of terminal acetylenes is 1. The van der Waals surface area contributed by atoms with E-state index in [1.807, 2.05) is 6.92 Å². The molecular formula is C9H14N2O. The molecule has 0 radical (unpaired) electrons. The summed E-state index contributed by atoms with van der Waals surface area (Å²) in [5, 5.41) is 11.6. The lowest BCUT2D eigenvalue weighted by molar-refractivity contribution is 0.150. The molecule has 0 fully saturated rings. The van der Waals surface area contributed by atoms with Crippen LogP contribution in [0.15, 0.2) is 0 Å². The van der Waals surface area contributed by atoms with Crippen molar-refractivity contribution in [2.24, 2.45) is 5.92 Å². The minimum Gasteiger partial charge on any atom is -0.384 e. The largest absolute Gasteiger partial charge is 0.384 e. The molecule has 0 aromatic rings. The van der Waals surface area contributed by atoms with Crippen LogP contribution in [0.3, 0.4) is 0 Å². The fraction of sp³-hybridized carbons (Fsp3) is 0.667. The van der Waals surface area contributed by atoms with Crippen molar-refractivity contribution in [3.8, 4) is 18.4 Å². The molecule has 2 unspecified atom stereocenters. The summed E-state index contributed by atoms with van der Waals surface area (Å²) in [6.07, 6.45) is 5.05. The zero-order valence-electron chi connectivity index (χ0n) is 7.50. The Morgan fingerprint density at radius 1 is 1.67 bits per heavy atom. The van der Waals surface area contributed by atoms with E-state index in [-0.39, 0.29) is 12.0 Å². The number of rotatable bonds is 5. The maximum atomic E-state index is 8.71. The normalized spacial score (nSPS) is 14.3. The topological polar surface area (TPSA) is 45.0 Å². The summed E-state index contributed by atoms with van der Waals surface area (Å²) in [6, 6.07) is 1.91. The third-order valence-corrected chi connectivity index (χ3v) is 1.56. The van der Waals surface area contributed by atoms with Gasteiger partial charge in [0.1, 0.15) is 6.04 Å². The molecule has 66 valence electrons. The number of hydrogen-bond donors (Lipinski definition) is 1. The summed E-state index contributed by atoms with van der Waals surface area (Å²) < 4.78 is 4.92. The first-order valence-electron chi connectivity index (χ1n) is 3.81. The molecule has 12 heavy (non-hydrogen) atoms. The van der Waals surface area contributed by atoms with Crippen molar-refractivity contribution in [1.29, 1.82) is 5.26 Å². The number of methoxy groups -OCH3 is 1. The van der Waals surface area contributed by atoms with Gasteiger partial charge < -0.3 is 4.74 Å². The van der Waals surface area contributed by atoms with Crippen molar-refractivity contribution in [3.63, 3.8) is 0 Å². The monoisotopic (exact) mass is 166 g/mol. The van der Waals surface area contributed by atoms with E-state index < -0.39 is 0 Å². The SMILES string of the molecule is C#CCNC(C#N)C(C)COC. The molecule has 0 rings (SSSR count). The fourth-order valence-electron chi connectivity index (χ4n) is 0.902. The highest BCUT2D eigenvalue weighted by Gasteiger charge is 2.14. The Kier molecular flexibility index (Phi) is 6.09. The lowest BCUT2D eigenvalue weighted by atomic mass is 10.0. The Labute approximate surface area is 73.7 Å². The van der Waals surface area contributed by atoms with Gasteiger partial charge in [0.25, 0.3) is 0 Å². The van der Waals surface area contributed by atoms with Crippen molar-refractivity contribution in [1.82, 2.24) is 5.32 Å². The van der Waals surface area contributed by atoms with Crippen LogP contribution >= 0.6 is 0 Å². The zero-order valence-corrected chi connectivity index (χ0v) is 7.50. The standard InChI is InChI=1S/C9H14N2O/c1-4-5-11-9(6-10)8(2)7-12-3/h1,8-9,11H,5,7H2,2-3H3. The van der Waals surface area contributed by atoms with E-state index in [1.165, 1.54) is 0 Å². The molecule has 1 N–H and O–H groups in total. The minimum absolute atomic E-state index is 0.161. The molecule has 0 bridgehead atoms. The van der Waals surface area contributed by atoms with E-state index in [0.717, 1.165) is 0 Å². The Balaban J connectivity index is 3.82. The second-order valence-corrected chi connectivity index (χ2v) is 2.62. The molecular weight excluding hydrogens is 152 g/mol. The molecule has 0 saturated carbocycles. The average molecular weight is 166 g/mol. The van der Waals surface area contributed by atoms with E-state index in [9.17, 15) is 0 Å². The van der Waals surface area contributed by atoms with E-state index in [4.69, 9.17) is 16.4 Å². The van der Waals surface area contributed by atoms with Crippen LogP contribution in [0.2, 0.25) is 0 Å². The van der Waals surface area contributed by atoms with Crippen LogP contribution in [-0.4, -0.2) is 26.3 Å². The molecule has 0 aromatic carbocycles. The second kappa shape index (κ2) is 6.67. The molecule has 0 saturated heterocycles. The van der Waals surface area contributed by atoms with Crippen molar-refractivity contribution in [2.45, 2.75) is 13.0 Å². The van der Waals surface area contributed by atoms with Crippen LogP contribution in [0.5, 0.6) is 0 Å². The van der Waals surface area contributed by atoms with Gasteiger partial charge in [0.15, 0.2) is 0 Å². The summed E-state index contributed by atoms with van der Waals surface area (Å²) in [7, 11) is 1.62. The molecule has 0 amide bonds. The van der Waals surface area contributed by atoms with Gasteiger partial charge in [-0.15, -0.1) is 6.42 Å². The van der Waals surface area contributed by atoms with Crippen molar-refractivity contribution < 1.29 is 4.74 Å². The molecule has 0 aliphatic rings. The first-order valence-corrected chi connectivity index (χ1v) is 3.81. The molecule has 3 nitrogen and oxygen atoms in total. The van der Waals surface area contributed by atoms with Crippen LogP contribution in [-0.2, 0) is 4.74 Å². The van der Waals surface area contributed by atoms with E-state index in [2.05, 4.69) is 17.3 Å². The van der Waals surface area contributed by atoms with Crippen LogP contribution in [0.1, 0.15) is 6.92 Å². The third-order valence-electron chi connectivity index (χ3n) is 1.56. The van der Waals surface area contributed by atoms with Gasteiger partial charge >= 0.3 is 0 Å². The summed E-state index contributed by atoms with van der Waals surface area (Å²) in [5.74, 6) is 2.59. The number of hydrogen-bond acceptors (Lipinski definition) is 3. The Hall–Kier alpha value is -1.03. The first-order chi connectivity index (χ1) is 5.76. The van der Waals surface area contributed by atoms with Gasteiger partial charge in [-0.1, -0.05) is 12.8 Å². The van der Waals surface area contributed by atoms with Crippen molar-refractivity contribution >= 4 is 0 Å². The molecule has 0 heterocycles. The highest BCUT2D eigenvalue weighted by atomic mass is 16.5. The van der Waals surface area contributed by atoms with Gasteiger partial charge in [0.2, 0.25) is 0 Å². The zero-order chi connectivity index (χ0) is 9.40. The lowest BCUT2D eigenvalue weighted by Gasteiger charge is -2.16. The van der Waals surface area contributed by atoms with Crippen LogP contribution in [0, 0.1) is 29.6 Å². The molecule has 0 aliphatic heterocycles. The van der Waals surface area contributed by atoms with E-state index >= 15 is 0 Å². The number of nitrogens with one attached hydrogen (secondary N) is 1. The van der Waals surface area contributed by atoms with E-state index in [1.54, 1.807) is 7.11 Å². The third kappa shape index (κ3) is 3.98. The van der Waals surface area contributed by atoms with Crippen molar-refractivity contribution in [3.05, 3.63) is 0 Å². The van der Waals surface area contributed by atoms with E-state index in [0.29, 0.717) is 13.2 Å². The quantitative estimate of drug-likeness (QED) is 0.601. The number of nitriles is 1. The van der Waals surface area contributed by atoms with Crippen LogP contribution in [0.25, 0.3) is 0 Å². The number of ether oxygens (including phenoxy) is 1. The Bertz CT molecular complexity index is 190.